The van der Waals surface area contributed by atoms with Crippen LogP contribution in [0.1, 0.15) is 6.42 Å². The van der Waals surface area contributed by atoms with Gasteiger partial charge in [-0.2, -0.15) is 0 Å². The minimum atomic E-state index is -3.15. The third-order valence-corrected chi connectivity index (χ3v) is 19.5. The van der Waals surface area contributed by atoms with Gasteiger partial charge in [0.25, 0.3) is 0 Å². The lowest BCUT2D eigenvalue weighted by atomic mass is 10.4. The van der Waals surface area contributed by atoms with E-state index in [1.165, 1.54) is 10.4 Å². The molecule has 0 radical (unpaired) electrons. The lowest BCUT2D eigenvalue weighted by Gasteiger charge is -2.44. The Kier molecular flexibility index (Phi) is 8.56. The second kappa shape index (κ2) is 11.6. The maximum atomic E-state index is 7.74. The Balaban J connectivity index is 1.97. The van der Waals surface area contributed by atoms with Crippen LogP contribution in [0.5, 0.6) is 0 Å². The molecule has 3 nitrogen and oxygen atoms in total. The predicted octanol–water partition coefficient (Wildman–Crippen LogP) is 4.22. The van der Waals surface area contributed by atoms with Crippen LogP contribution >= 0.6 is 0 Å². The third-order valence-electron chi connectivity index (χ3n) is 6.71. The first-order valence-corrected chi connectivity index (χ1v) is 20.1. The molecular weight excluding hydrogens is 491 g/mol. The second-order valence-electron chi connectivity index (χ2n) is 9.97. The molecule has 0 unspecified atom stereocenters. The van der Waals surface area contributed by atoms with E-state index in [0.29, 0.717) is 6.54 Å². The second-order valence-corrected chi connectivity index (χ2v) is 21.2. The predicted molar refractivity (Wildman–Crippen MR) is 160 cm³/mol. The van der Waals surface area contributed by atoms with Crippen LogP contribution in [0.4, 0.5) is 0 Å². The zero-order valence-corrected chi connectivity index (χ0v) is 24.6. The summed E-state index contributed by atoms with van der Waals surface area (Å²) in [6.07, 6.45) is 0.958. The number of hydrogen-bond acceptors (Lipinski definition) is 3. The van der Waals surface area contributed by atoms with Crippen LogP contribution in [0.15, 0.2) is 121 Å². The molecule has 0 amide bonds. The van der Waals surface area contributed by atoms with E-state index in [-0.39, 0.29) is 0 Å². The fraction of sp³-hybridized carbons (Fsp3) is 0.200. The Morgan fingerprint density at radius 2 is 0.889 bits per heavy atom. The SMILES string of the molecule is C[Si](C)(CCCN)O[Si](O[Si](C)(c1ccccc1)c1ccccc1)(c1ccccc1)c1ccccc1. The fourth-order valence-corrected chi connectivity index (χ4v) is 18.6. The summed E-state index contributed by atoms with van der Waals surface area (Å²) in [7, 11) is -8.00. The lowest BCUT2D eigenvalue weighted by molar-refractivity contribution is 0.414. The van der Waals surface area contributed by atoms with Gasteiger partial charge in [-0.1, -0.05) is 121 Å². The molecule has 4 rings (SSSR count). The van der Waals surface area contributed by atoms with E-state index in [0.717, 1.165) is 22.8 Å². The first-order chi connectivity index (χ1) is 17.4. The number of nitrogens with two attached hydrogens (primary N) is 1. The summed E-state index contributed by atoms with van der Waals surface area (Å²) in [6, 6.07) is 43.8. The van der Waals surface area contributed by atoms with Crippen LogP contribution < -0.4 is 26.5 Å². The number of benzene rings is 4. The van der Waals surface area contributed by atoms with Crippen LogP contribution in [0.2, 0.25) is 25.7 Å². The monoisotopic (exact) mass is 527 g/mol. The van der Waals surface area contributed by atoms with Crippen molar-refractivity contribution < 1.29 is 8.23 Å². The van der Waals surface area contributed by atoms with Crippen LogP contribution in [0.25, 0.3) is 0 Å². The van der Waals surface area contributed by atoms with Crippen LogP contribution in [0, 0.1) is 0 Å². The summed E-state index contributed by atoms with van der Waals surface area (Å²) in [4.78, 5) is 0. The molecule has 0 aromatic heterocycles. The molecule has 0 fully saturated rings. The van der Waals surface area contributed by atoms with Gasteiger partial charge in [-0.15, -0.1) is 0 Å². The normalized spacial score (nSPS) is 12.4. The van der Waals surface area contributed by atoms with Crippen molar-refractivity contribution in [3.8, 4) is 0 Å². The standard InChI is InChI=1S/C30H37NO2Si3/c1-34(2,26-16-25-31)32-36(29-21-12-6-13-22-29,30-23-14-7-15-24-30)33-35(3,27-17-8-4-9-18-27)28-19-10-5-11-20-28/h4-15,17-24H,16,25-26,31H2,1-3H3. The maximum absolute atomic E-state index is 7.74. The zero-order valence-electron chi connectivity index (χ0n) is 21.6. The van der Waals surface area contributed by atoms with Crippen molar-refractivity contribution >= 4 is 45.9 Å². The molecule has 0 saturated carbocycles. The van der Waals surface area contributed by atoms with E-state index in [1.807, 2.05) is 0 Å². The van der Waals surface area contributed by atoms with Crippen molar-refractivity contribution in [1.82, 2.24) is 0 Å². The highest BCUT2D eigenvalue weighted by Gasteiger charge is 2.52. The number of rotatable bonds is 11. The molecule has 0 heterocycles. The van der Waals surface area contributed by atoms with Crippen molar-refractivity contribution in [2.45, 2.75) is 32.1 Å². The summed E-state index contributed by atoms with van der Waals surface area (Å²) in [6.45, 7) is 7.61. The molecule has 4 aromatic rings. The van der Waals surface area contributed by atoms with Crippen molar-refractivity contribution in [2.75, 3.05) is 6.54 Å². The van der Waals surface area contributed by atoms with Crippen molar-refractivity contribution in [3.05, 3.63) is 121 Å². The summed E-state index contributed by atoms with van der Waals surface area (Å²) >= 11 is 0. The molecule has 2 N–H and O–H groups in total. The Morgan fingerprint density at radius 1 is 0.528 bits per heavy atom. The van der Waals surface area contributed by atoms with Crippen LogP contribution in [-0.4, -0.2) is 31.7 Å². The summed E-state index contributed by atoms with van der Waals surface area (Å²) in [5, 5.41) is 4.78. The van der Waals surface area contributed by atoms with Gasteiger partial charge in [0, 0.05) is 0 Å². The Hall–Kier alpha value is -2.59. The van der Waals surface area contributed by atoms with Gasteiger partial charge in [-0.05, 0) is 59.4 Å². The van der Waals surface area contributed by atoms with Gasteiger partial charge in [0.2, 0.25) is 8.32 Å². The largest absolute Gasteiger partial charge is 0.430 e. The quantitative estimate of drug-likeness (QED) is 0.297. The van der Waals surface area contributed by atoms with Gasteiger partial charge in [-0.25, -0.2) is 0 Å². The first-order valence-electron chi connectivity index (χ1n) is 12.7. The topological polar surface area (TPSA) is 44.5 Å². The average molecular weight is 528 g/mol. The molecule has 0 aliphatic carbocycles. The van der Waals surface area contributed by atoms with E-state index in [4.69, 9.17) is 14.0 Å². The molecule has 36 heavy (non-hydrogen) atoms. The van der Waals surface area contributed by atoms with Crippen LogP contribution in [-0.2, 0) is 8.23 Å². The first kappa shape index (κ1) is 26.5. The Labute approximate surface area is 219 Å². The minimum Gasteiger partial charge on any atom is -0.430 e. The molecule has 0 bridgehead atoms. The van der Waals surface area contributed by atoms with Crippen molar-refractivity contribution in [1.29, 1.82) is 0 Å². The van der Waals surface area contributed by atoms with E-state index < -0.39 is 25.2 Å². The summed E-state index contributed by atoms with van der Waals surface area (Å²) in [5.74, 6) is 0. The molecule has 0 aliphatic heterocycles. The van der Waals surface area contributed by atoms with Gasteiger partial charge >= 0.3 is 8.56 Å². The van der Waals surface area contributed by atoms with Gasteiger partial charge < -0.3 is 14.0 Å². The Bertz CT molecular complexity index is 1130. The fourth-order valence-electron chi connectivity index (χ4n) is 4.79. The molecule has 0 spiro atoms. The van der Waals surface area contributed by atoms with Crippen LogP contribution in [0.3, 0.4) is 0 Å². The molecule has 0 atom stereocenters. The number of hydrogen-bond donors (Lipinski definition) is 1. The van der Waals surface area contributed by atoms with Gasteiger partial charge in [0.05, 0.1) is 0 Å². The minimum absolute atomic E-state index is 0.673. The molecule has 6 heteroatoms. The van der Waals surface area contributed by atoms with Gasteiger partial charge in [0.15, 0.2) is 8.32 Å². The lowest BCUT2D eigenvalue weighted by Crippen LogP contribution is -2.75. The highest BCUT2D eigenvalue weighted by atomic mass is 28.5. The van der Waals surface area contributed by atoms with Gasteiger partial charge in [0.1, 0.15) is 0 Å². The highest BCUT2D eigenvalue weighted by molar-refractivity contribution is 7.08. The summed E-state index contributed by atoms with van der Waals surface area (Å²) in [5.41, 5.74) is 5.93. The maximum Gasteiger partial charge on any atom is 0.386 e. The molecule has 0 saturated heterocycles. The highest BCUT2D eigenvalue weighted by Crippen LogP contribution is 2.25. The van der Waals surface area contributed by atoms with Gasteiger partial charge in [-0.3, -0.25) is 0 Å². The average Bonchev–Trinajstić information content (AvgIpc) is 2.93. The van der Waals surface area contributed by atoms with E-state index in [1.54, 1.807) is 0 Å². The molecule has 186 valence electrons. The molecule has 4 aromatic carbocycles. The summed E-state index contributed by atoms with van der Waals surface area (Å²) < 4.78 is 15.2. The Morgan fingerprint density at radius 3 is 1.25 bits per heavy atom. The van der Waals surface area contributed by atoms with Crippen molar-refractivity contribution in [3.63, 3.8) is 0 Å². The van der Waals surface area contributed by atoms with Crippen molar-refractivity contribution in [2.24, 2.45) is 5.73 Å². The molecule has 0 aliphatic rings. The molecular formula is C30H37NO2Si3. The zero-order chi connectivity index (χ0) is 25.5. The third kappa shape index (κ3) is 5.86. The van der Waals surface area contributed by atoms with E-state index in [2.05, 4.69) is 141 Å². The van der Waals surface area contributed by atoms with E-state index >= 15 is 0 Å². The van der Waals surface area contributed by atoms with E-state index in [9.17, 15) is 0 Å². The smallest absolute Gasteiger partial charge is 0.386 e.